The molecule has 4 nitrogen and oxygen atoms in total. The molecule has 0 unspecified atom stereocenters. The molecule has 3 rings (SSSR count). The van der Waals surface area contributed by atoms with E-state index in [4.69, 9.17) is 5.73 Å². The van der Waals surface area contributed by atoms with Crippen molar-refractivity contribution in [3.8, 4) is 0 Å². The Morgan fingerprint density at radius 1 is 1.47 bits per heavy atom. The maximum Gasteiger partial charge on any atom is 0.249 e. The maximum atomic E-state index is 11.1. The van der Waals surface area contributed by atoms with Gasteiger partial charge in [0.2, 0.25) is 5.91 Å². The van der Waals surface area contributed by atoms with E-state index in [1.54, 1.807) is 11.3 Å². The summed E-state index contributed by atoms with van der Waals surface area (Å²) in [6.45, 7) is 3.25. The number of amides is 1. The van der Waals surface area contributed by atoms with Crippen LogP contribution in [0, 0.1) is 0 Å². The van der Waals surface area contributed by atoms with Gasteiger partial charge in [0.15, 0.2) is 0 Å². The van der Waals surface area contributed by atoms with Crippen molar-refractivity contribution in [3.05, 3.63) is 21.9 Å². The lowest BCUT2D eigenvalue weighted by atomic mass is 10.2. The van der Waals surface area contributed by atoms with Crippen LogP contribution in [0.2, 0.25) is 0 Å². The van der Waals surface area contributed by atoms with Gasteiger partial charge in [-0.3, -0.25) is 9.69 Å². The number of hydrogen-bond donors (Lipinski definition) is 2. The predicted molar refractivity (Wildman–Crippen MR) is 77.3 cm³/mol. The van der Waals surface area contributed by atoms with Gasteiger partial charge in [0.25, 0.3) is 0 Å². The van der Waals surface area contributed by atoms with Crippen molar-refractivity contribution in [2.75, 3.05) is 13.1 Å². The van der Waals surface area contributed by atoms with Gasteiger partial charge < -0.3 is 11.1 Å². The minimum absolute atomic E-state index is 0.321. The smallest absolute Gasteiger partial charge is 0.249 e. The highest BCUT2D eigenvalue weighted by Gasteiger charge is 2.31. The molecule has 1 aliphatic carbocycles. The Balaban J connectivity index is 1.61. The third-order valence-electron chi connectivity index (χ3n) is 3.98. The summed E-state index contributed by atoms with van der Waals surface area (Å²) in [6.07, 6.45) is 5.23. The highest BCUT2D eigenvalue weighted by molar-refractivity contribution is 7.10. The van der Waals surface area contributed by atoms with Crippen molar-refractivity contribution in [1.82, 2.24) is 10.2 Å². The zero-order valence-electron chi connectivity index (χ0n) is 11.1. The summed E-state index contributed by atoms with van der Waals surface area (Å²) in [4.78, 5) is 14.9. The molecule has 2 heterocycles. The molecule has 0 spiro atoms. The Morgan fingerprint density at radius 3 is 2.89 bits per heavy atom. The number of carbonyl (C=O) groups excluding carboxylic acids is 1. The first-order chi connectivity index (χ1) is 9.22. The number of primary amides is 1. The summed E-state index contributed by atoms with van der Waals surface area (Å²) < 4.78 is 0. The topological polar surface area (TPSA) is 58.4 Å². The van der Waals surface area contributed by atoms with Gasteiger partial charge in [-0.1, -0.05) is 0 Å². The van der Waals surface area contributed by atoms with Gasteiger partial charge in [0.05, 0.1) is 5.56 Å². The number of nitrogens with two attached hydrogens (primary N) is 1. The minimum atomic E-state index is -0.321. The summed E-state index contributed by atoms with van der Waals surface area (Å²) in [5.41, 5.74) is 5.95. The van der Waals surface area contributed by atoms with Gasteiger partial charge >= 0.3 is 0 Å². The van der Waals surface area contributed by atoms with E-state index in [-0.39, 0.29) is 5.91 Å². The van der Waals surface area contributed by atoms with Crippen LogP contribution in [-0.4, -0.2) is 36.0 Å². The molecule has 2 aliphatic rings. The zero-order valence-corrected chi connectivity index (χ0v) is 11.9. The van der Waals surface area contributed by atoms with Crippen LogP contribution in [-0.2, 0) is 6.54 Å². The largest absolute Gasteiger partial charge is 0.366 e. The molecule has 5 heteroatoms. The average molecular weight is 279 g/mol. The maximum absolute atomic E-state index is 11.1. The Hall–Kier alpha value is -0.910. The van der Waals surface area contributed by atoms with E-state index >= 15 is 0 Å². The Bertz CT molecular complexity index is 449. The first kappa shape index (κ1) is 13.1. The van der Waals surface area contributed by atoms with Crippen LogP contribution in [0.15, 0.2) is 11.4 Å². The molecule has 1 amide bonds. The summed E-state index contributed by atoms with van der Waals surface area (Å²) in [5, 5.41) is 5.44. The van der Waals surface area contributed by atoms with E-state index in [9.17, 15) is 4.79 Å². The van der Waals surface area contributed by atoms with E-state index < -0.39 is 0 Å². The monoisotopic (exact) mass is 279 g/mol. The molecule has 19 heavy (non-hydrogen) atoms. The zero-order chi connectivity index (χ0) is 13.2. The molecule has 0 radical (unpaired) electrons. The van der Waals surface area contributed by atoms with E-state index in [2.05, 4.69) is 10.2 Å². The Kier molecular flexibility index (Phi) is 3.86. The van der Waals surface area contributed by atoms with Crippen LogP contribution >= 0.6 is 11.3 Å². The van der Waals surface area contributed by atoms with Crippen LogP contribution in [0.4, 0.5) is 0 Å². The fraction of sp³-hybridized carbons (Fsp3) is 0.643. The molecule has 0 aromatic carbocycles. The number of hydrogen-bond acceptors (Lipinski definition) is 4. The number of rotatable bonds is 6. The fourth-order valence-electron chi connectivity index (χ4n) is 2.77. The molecule has 1 aromatic rings. The third-order valence-corrected chi connectivity index (χ3v) is 4.90. The summed E-state index contributed by atoms with van der Waals surface area (Å²) in [7, 11) is 0. The van der Waals surface area contributed by atoms with Crippen LogP contribution in [0.1, 0.15) is 40.9 Å². The number of nitrogens with one attached hydrogen (secondary N) is 1. The molecule has 1 atom stereocenters. The second-order valence-corrected chi connectivity index (χ2v) is 6.62. The van der Waals surface area contributed by atoms with Gasteiger partial charge in [0, 0.05) is 35.4 Å². The van der Waals surface area contributed by atoms with Gasteiger partial charge in [-0.05, 0) is 38.3 Å². The SMILES string of the molecule is NC(=O)c1csc(CN(C[C@@H]2CCCN2)C2CC2)c1. The van der Waals surface area contributed by atoms with Crippen LogP contribution in [0.5, 0.6) is 0 Å². The van der Waals surface area contributed by atoms with Gasteiger partial charge in [-0.25, -0.2) is 0 Å². The normalized spacial score (nSPS) is 23.1. The molecule has 1 aliphatic heterocycles. The number of carbonyl (C=O) groups is 1. The van der Waals surface area contributed by atoms with E-state index in [0.717, 1.165) is 25.7 Å². The van der Waals surface area contributed by atoms with E-state index in [1.165, 1.54) is 30.6 Å². The van der Waals surface area contributed by atoms with Crippen LogP contribution in [0.3, 0.4) is 0 Å². The molecule has 2 fully saturated rings. The number of nitrogens with zero attached hydrogens (tertiary/aromatic N) is 1. The van der Waals surface area contributed by atoms with Gasteiger partial charge in [0.1, 0.15) is 0 Å². The van der Waals surface area contributed by atoms with Crippen molar-refractivity contribution in [1.29, 1.82) is 0 Å². The molecular formula is C14H21N3OS. The fourth-order valence-corrected chi connectivity index (χ4v) is 3.67. The van der Waals surface area contributed by atoms with Crippen molar-refractivity contribution in [3.63, 3.8) is 0 Å². The lowest BCUT2D eigenvalue weighted by molar-refractivity contribution is 0.100. The summed E-state index contributed by atoms with van der Waals surface area (Å²) in [5.74, 6) is -0.321. The quantitative estimate of drug-likeness (QED) is 0.831. The first-order valence-corrected chi connectivity index (χ1v) is 7.95. The molecule has 1 saturated carbocycles. The van der Waals surface area contributed by atoms with Crippen molar-refractivity contribution in [2.24, 2.45) is 5.73 Å². The van der Waals surface area contributed by atoms with Crippen molar-refractivity contribution < 1.29 is 4.79 Å². The van der Waals surface area contributed by atoms with Gasteiger partial charge in [-0.15, -0.1) is 11.3 Å². The Morgan fingerprint density at radius 2 is 2.32 bits per heavy atom. The van der Waals surface area contributed by atoms with Crippen molar-refractivity contribution >= 4 is 17.2 Å². The van der Waals surface area contributed by atoms with Crippen molar-refractivity contribution in [2.45, 2.75) is 44.3 Å². The third kappa shape index (κ3) is 3.35. The van der Waals surface area contributed by atoms with Crippen LogP contribution < -0.4 is 11.1 Å². The summed E-state index contributed by atoms with van der Waals surface area (Å²) in [6, 6.07) is 3.35. The van der Waals surface area contributed by atoms with E-state index in [0.29, 0.717) is 11.6 Å². The summed E-state index contributed by atoms with van der Waals surface area (Å²) >= 11 is 1.65. The second-order valence-electron chi connectivity index (χ2n) is 5.62. The second kappa shape index (κ2) is 5.61. The predicted octanol–water partition coefficient (Wildman–Crippen LogP) is 1.56. The van der Waals surface area contributed by atoms with Crippen LogP contribution in [0.25, 0.3) is 0 Å². The average Bonchev–Trinajstić information content (AvgIpc) is 2.90. The van der Waals surface area contributed by atoms with Gasteiger partial charge in [-0.2, -0.15) is 0 Å². The minimum Gasteiger partial charge on any atom is -0.366 e. The lowest BCUT2D eigenvalue weighted by Crippen LogP contribution is -2.38. The molecule has 1 aromatic heterocycles. The molecule has 104 valence electrons. The molecular weight excluding hydrogens is 258 g/mol. The molecule has 1 saturated heterocycles. The standard InChI is InChI=1S/C14H21N3OS/c15-14(18)10-6-13(19-9-10)8-17(12-3-4-12)7-11-2-1-5-16-11/h6,9,11-12,16H,1-5,7-8H2,(H2,15,18)/t11-/m0/s1. The first-order valence-electron chi connectivity index (χ1n) is 7.07. The van der Waals surface area contributed by atoms with E-state index in [1.807, 2.05) is 11.4 Å². The molecule has 3 N–H and O–H groups in total. The lowest BCUT2D eigenvalue weighted by Gasteiger charge is -2.24. The Labute approximate surface area is 118 Å². The highest BCUT2D eigenvalue weighted by atomic mass is 32.1. The highest BCUT2D eigenvalue weighted by Crippen LogP contribution is 2.30. The molecule has 0 bridgehead atoms. The number of thiophene rings is 1.